The number of piperidine rings is 1. The molecule has 1 aliphatic rings. The number of aromatic nitrogens is 2. The molecule has 1 amide bonds. The van der Waals surface area contributed by atoms with Crippen LogP contribution in [0.25, 0.3) is 10.2 Å². The summed E-state index contributed by atoms with van der Waals surface area (Å²) >= 11 is 1.26. The van der Waals surface area contributed by atoms with Gasteiger partial charge in [-0.25, -0.2) is 4.98 Å². The predicted molar refractivity (Wildman–Crippen MR) is 120 cm³/mol. The van der Waals surface area contributed by atoms with Crippen LogP contribution in [0.2, 0.25) is 0 Å². The first-order valence-corrected chi connectivity index (χ1v) is 10.9. The van der Waals surface area contributed by atoms with Crippen LogP contribution in [0.5, 0.6) is 5.75 Å². The maximum absolute atomic E-state index is 13.4. The van der Waals surface area contributed by atoms with Gasteiger partial charge >= 0.3 is 0 Å². The van der Waals surface area contributed by atoms with Crippen LogP contribution in [0.15, 0.2) is 29.1 Å². The number of rotatable bonds is 4. The van der Waals surface area contributed by atoms with Crippen LogP contribution < -0.4 is 15.6 Å². The second kappa shape index (κ2) is 8.20. The van der Waals surface area contributed by atoms with E-state index >= 15 is 0 Å². The van der Waals surface area contributed by atoms with Gasteiger partial charge in [-0.3, -0.25) is 14.2 Å². The van der Waals surface area contributed by atoms with Gasteiger partial charge in [-0.15, -0.1) is 11.3 Å². The van der Waals surface area contributed by atoms with E-state index in [-0.39, 0.29) is 17.5 Å². The van der Waals surface area contributed by atoms with Crippen LogP contribution >= 0.6 is 11.3 Å². The Kier molecular flexibility index (Phi) is 5.62. The Bertz CT molecular complexity index is 1160. The Morgan fingerprint density at radius 3 is 2.63 bits per heavy atom. The van der Waals surface area contributed by atoms with Crippen LogP contribution in [0.1, 0.15) is 39.9 Å². The molecule has 1 N–H and O–H groups in total. The number of carbonyl (C=O) groups excluding carboxylic acids is 1. The third-order valence-electron chi connectivity index (χ3n) is 5.79. The number of nitrogens with zero attached hydrogens (tertiary/aromatic N) is 3. The Morgan fingerprint density at radius 2 is 1.93 bits per heavy atom. The van der Waals surface area contributed by atoms with Crippen LogP contribution in [0.4, 0.5) is 5.69 Å². The van der Waals surface area contributed by atoms with Crippen molar-refractivity contribution >= 4 is 33.1 Å². The van der Waals surface area contributed by atoms with Crippen molar-refractivity contribution in [2.45, 2.75) is 32.7 Å². The first-order valence-electron chi connectivity index (χ1n) is 10.1. The lowest BCUT2D eigenvalue weighted by Gasteiger charge is -2.30. The van der Waals surface area contributed by atoms with E-state index in [1.54, 1.807) is 19.2 Å². The smallest absolute Gasteiger partial charge is 0.266 e. The molecule has 8 heteroatoms. The molecule has 7 nitrogen and oxygen atoms in total. The number of thiophene rings is 1. The fraction of sp³-hybridized carbons (Fsp3) is 0.409. The van der Waals surface area contributed by atoms with E-state index in [9.17, 15) is 9.59 Å². The molecule has 0 spiro atoms. The van der Waals surface area contributed by atoms with Gasteiger partial charge in [0.05, 0.1) is 23.1 Å². The summed E-state index contributed by atoms with van der Waals surface area (Å²) in [6, 6.07) is 7.40. The van der Waals surface area contributed by atoms with E-state index < -0.39 is 0 Å². The van der Waals surface area contributed by atoms with Crippen LogP contribution in [0.3, 0.4) is 0 Å². The molecule has 0 unspecified atom stereocenters. The Labute approximate surface area is 179 Å². The maximum Gasteiger partial charge on any atom is 0.266 e. The standard InChI is InChI=1S/C22H26N4O3S/c1-13-18-21(23-14(2)26(22(18)28)15-9-11-25(3)12-10-15)30-19(13)20(27)24-16-7-5-6-8-17(16)29-4/h5-8,15H,9-12H2,1-4H3,(H,24,27). The van der Waals surface area contributed by atoms with Crippen molar-refractivity contribution in [2.75, 3.05) is 32.6 Å². The van der Waals surface area contributed by atoms with Gasteiger partial charge in [0, 0.05) is 6.04 Å². The third-order valence-corrected chi connectivity index (χ3v) is 6.97. The number of likely N-dealkylation sites (tertiary alicyclic amines) is 1. The lowest BCUT2D eigenvalue weighted by molar-refractivity contribution is 0.102. The van der Waals surface area contributed by atoms with Crippen molar-refractivity contribution in [3.8, 4) is 5.75 Å². The average Bonchev–Trinajstić information content (AvgIpc) is 3.06. The molecule has 2 aromatic heterocycles. The minimum Gasteiger partial charge on any atom is -0.495 e. The number of nitrogens with one attached hydrogen (secondary N) is 1. The number of aryl methyl sites for hydroxylation is 2. The number of amides is 1. The largest absolute Gasteiger partial charge is 0.495 e. The zero-order valence-electron chi connectivity index (χ0n) is 17.7. The second-order valence-corrected chi connectivity index (χ2v) is 8.76. The predicted octanol–water partition coefficient (Wildman–Crippen LogP) is 3.60. The van der Waals surface area contributed by atoms with E-state index in [2.05, 4.69) is 17.3 Å². The molecule has 0 atom stereocenters. The molecule has 30 heavy (non-hydrogen) atoms. The molecule has 1 saturated heterocycles. The number of carbonyl (C=O) groups is 1. The minimum atomic E-state index is -0.261. The quantitative estimate of drug-likeness (QED) is 0.690. The van der Waals surface area contributed by atoms with E-state index in [1.165, 1.54) is 11.3 Å². The first-order chi connectivity index (χ1) is 14.4. The third kappa shape index (κ3) is 3.61. The van der Waals surface area contributed by atoms with Gasteiger partial charge in [0.25, 0.3) is 11.5 Å². The number of methoxy groups -OCH3 is 1. The van der Waals surface area contributed by atoms with E-state index in [1.807, 2.05) is 30.5 Å². The fourth-order valence-electron chi connectivity index (χ4n) is 4.12. The summed E-state index contributed by atoms with van der Waals surface area (Å²) in [6.07, 6.45) is 1.85. The molecular formula is C22H26N4O3S. The maximum atomic E-state index is 13.4. The molecule has 1 aromatic carbocycles. The summed E-state index contributed by atoms with van der Waals surface area (Å²) in [7, 11) is 3.66. The molecule has 4 rings (SSSR count). The van der Waals surface area contributed by atoms with Gasteiger partial charge in [0.2, 0.25) is 0 Å². The van der Waals surface area contributed by atoms with Gasteiger partial charge < -0.3 is 15.0 Å². The van der Waals surface area contributed by atoms with Gasteiger partial charge in [-0.1, -0.05) is 12.1 Å². The van der Waals surface area contributed by atoms with Gasteiger partial charge in [-0.2, -0.15) is 0 Å². The van der Waals surface area contributed by atoms with Crippen molar-refractivity contribution in [1.29, 1.82) is 0 Å². The molecule has 3 aromatic rings. The Hall–Kier alpha value is -2.71. The van der Waals surface area contributed by atoms with Crippen molar-refractivity contribution < 1.29 is 9.53 Å². The monoisotopic (exact) mass is 426 g/mol. The van der Waals surface area contributed by atoms with Crippen molar-refractivity contribution in [1.82, 2.24) is 14.5 Å². The molecule has 0 bridgehead atoms. The van der Waals surface area contributed by atoms with Crippen molar-refractivity contribution in [3.63, 3.8) is 0 Å². The number of hydrogen-bond acceptors (Lipinski definition) is 6. The average molecular weight is 427 g/mol. The summed E-state index contributed by atoms with van der Waals surface area (Å²) < 4.78 is 7.15. The number of fused-ring (bicyclic) bond motifs is 1. The molecule has 1 fully saturated rings. The number of ether oxygens (including phenoxy) is 1. The number of para-hydroxylation sites is 2. The highest BCUT2D eigenvalue weighted by atomic mass is 32.1. The summed E-state index contributed by atoms with van der Waals surface area (Å²) in [5.74, 6) is 1.03. The van der Waals surface area contributed by atoms with Gasteiger partial charge in [-0.05, 0) is 64.5 Å². The van der Waals surface area contributed by atoms with Crippen LogP contribution in [-0.2, 0) is 0 Å². The number of anilines is 1. The fourth-order valence-corrected chi connectivity index (χ4v) is 5.24. The highest BCUT2D eigenvalue weighted by Gasteiger charge is 2.25. The molecule has 0 radical (unpaired) electrons. The zero-order chi connectivity index (χ0) is 21.4. The SMILES string of the molecule is COc1ccccc1NC(=O)c1sc2nc(C)n(C3CCN(C)CC3)c(=O)c2c1C. The van der Waals surface area contributed by atoms with Gasteiger partial charge in [0.1, 0.15) is 16.4 Å². The van der Waals surface area contributed by atoms with Gasteiger partial charge in [0.15, 0.2) is 0 Å². The molecule has 0 saturated carbocycles. The number of hydrogen-bond donors (Lipinski definition) is 1. The van der Waals surface area contributed by atoms with E-state index in [0.717, 1.165) is 25.9 Å². The number of benzene rings is 1. The lowest BCUT2D eigenvalue weighted by Crippen LogP contribution is -2.36. The second-order valence-electron chi connectivity index (χ2n) is 7.76. The summed E-state index contributed by atoms with van der Waals surface area (Å²) in [4.78, 5) is 34.5. The highest BCUT2D eigenvalue weighted by Crippen LogP contribution is 2.31. The topological polar surface area (TPSA) is 76.5 Å². The van der Waals surface area contributed by atoms with Crippen molar-refractivity contribution in [2.24, 2.45) is 0 Å². The lowest BCUT2D eigenvalue weighted by atomic mass is 10.0. The summed E-state index contributed by atoms with van der Waals surface area (Å²) in [5, 5.41) is 3.45. The molecular weight excluding hydrogens is 400 g/mol. The Morgan fingerprint density at radius 1 is 1.23 bits per heavy atom. The summed E-state index contributed by atoms with van der Waals surface area (Å²) in [6.45, 7) is 5.63. The first kappa shape index (κ1) is 20.6. The van der Waals surface area contributed by atoms with Crippen LogP contribution in [0, 0.1) is 13.8 Å². The van der Waals surface area contributed by atoms with Crippen LogP contribution in [-0.4, -0.2) is 47.6 Å². The summed E-state index contributed by atoms with van der Waals surface area (Å²) in [5.41, 5.74) is 1.23. The molecule has 3 heterocycles. The molecule has 158 valence electrons. The van der Waals surface area contributed by atoms with E-state index in [4.69, 9.17) is 9.72 Å². The highest BCUT2D eigenvalue weighted by molar-refractivity contribution is 7.20. The normalized spacial score (nSPS) is 15.5. The molecule has 0 aliphatic carbocycles. The van der Waals surface area contributed by atoms with E-state index in [0.29, 0.717) is 37.9 Å². The zero-order valence-corrected chi connectivity index (χ0v) is 18.5. The molecule has 1 aliphatic heterocycles. The Balaban J connectivity index is 1.73. The minimum absolute atomic E-state index is 0.0443. The van der Waals surface area contributed by atoms with Crippen molar-refractivity contribution in [3.05, 3.63) is 50.9 Å².